The molecule has 2 heterocycles. The summed E-state index contributed by atoms with van der Waals surface area (Å²) in [6, 6.07) is 16.4. The zero-order valence-electron chi connectivity index (χ0n) is 14.0. The van der Waals surface area contributed by atoms with Crippen LogP contribution in [0.5, 0.6) is 5.75 Å². The van der Waals surface area contributed by atoms with Crippen LogP contribution < -0.4 is 4.74 Å². The van der Waals surface area contributed by atoms with E-state index in [0.29, 0.717) is 0 Å². The lowest BCUT2D eigenvalue weighted by molar-refractivity contribution is 0.415. The Balaban J connectivity index is 1.74. The number of aryl methyl sites for hydroxylation is 1. The Hall–Kier alpha value is -2.79. The highest BCUT2D eigenvalue weighted by Gasteiger charge is 2.11. The van der Waals surface area contributed by atoms with Gasteiger partial charge >= 0.3 is 0 Å². The minimum Gasteiger partial charge on any atom is -0.497 e. The molecule has 4 aromatic rings. The summed E-state index contributed by atoms with van der Waals surface area (Å²) < 4.78 is 7.31. The summed E-state index contributed by atoms with van der Waals surface area (Å²) in [6.07, 6.45) is 5.68. The fraction of sp³-hybridized carbons (Fsp3) is 0.100. The molecule has 5 heteroatoms. The Morgan fingerprint density at radius 2 is 1.72 bits per heavy atom. The first kappa shape index (κ1) is 15.7. The quantitative estimate of drug-likeness (QED) is 0.528. The van der Waals surface area contributed by atoms with Crippen molar-refractivity contribution >= 4 is 17.4 Å². The molecule has 0 amide bonds. The molecule has 0 spiro atoms. The molecule has 2 aromatic heterocycles. The Bertz CT molecular complexity index is 1010. The minimum absolute atomic E-state index is 0.828. The summed E-state index contributed by atoms with van der Waals surface area (Å²) in [7, 11) is 1.66. The van der Waals surface area contributed by atoms with Crippen molar-refractivity contribution in [3.63, 3.8) is 0 Å². The van der Waals surface area contributed by atoms with Crippen LogP contribution in [0, 0.1) is 6.92 Å². The van der Waals surface area contributed by atoms with E-state index >= 15 is 0 Å². The summed E-state index contributed by atoms with van der Waals surface area (Å²) in [4.78, 5) is 10.4. The van der Waals surface area contributed by atoms with Gasteiger partial charge in [0.05, 0.1) is 13.3 Å². The summed E-state index contributed by atoms with van der Waals surface area (Å²) >= 11 is 1.68. The maximum absolute atomic E-state index is 5.23. The van der Waals surface area contributed by atoms with Crippen LogP contribution in [0.4, 0.5) is 0 Å². The lowest BCUT2D eigenvalue weighted by Crippen LogP contribution is -1.96. The minimum atomic E-state index is 0.828. The molecule has 0 aliphatic heterocycles. The Morgan fingerprint density at radius 3 is 2.44 bits per heavy atom. The molecule has 25 heavy (non-hydrogen) atoms. The Kier molecular flexibility index (Phi) is 4.15. The third-order valence-corrected chi connectivity index (χ3v) is 5.02. The van der Waals surface area contributed by atoms with Crippen LogP contribution in [0.2, 0.25) is 0 Å². The van der Waals surface area contributed by atoms with E-state index in [1.165, 1.54) is 10.5 Å². The molecule has 0 radical (unpaired) electrons. The summed E-state index contributed by atoms with van der Waals surface area (Å²) in [5.74, 6) is 0.828. The van der Waals surface area contributed by atoms with Gasteiger partial charge in [-0.05, 0) is 43.3 Å². The molecule has 0 saturated carbocycles. The van der Waals surface area contributed by atoms with Gasteiger partial charge < -0.3 is 4.74 Å². The highest BCUT2D eigenvalue weighted by Crippen LogP contribution is 2.31. The van der Waals surface area contributed by atoms with Crippen molar-refractivity contribution < 1.29 is 4.74 Å². The lowest BCUT2D eigenvalue weighted by Gasteiger charge is -2.09. The molecule has 0 bridgehead atoms. The number of benzene rings is 2. The van der Waals surface area contributed by atoms with Gasteiger partial charge in [-0.1, -0.05) is 29.5 Å². The number of hydrogen-bond donors (Lipinski definition) is 0. The number of imidazole rings is 1. The maximum Gasteiger partial charge on any atom is 0.164 e. The van der Waals surface area contributed by atoms with E-state index in [4.69, 9.17) is 4.74 Å². The van der Waals surface area contributed by atoms with Crippen molar-refractivity contribution in [1.29, 1.82) is 0 Å². The van der Waals surface area contributed by atoms with Gasteiger partial charge in [0, 0.05) is 22.9 Å². The smallest absolute Gasteiger partial charge is 0.164 e. The van der Waals surface area contributed by atoms with Gasteiger partial charge in [0.1, 0.15) is 16.5 Å². The molecule has 0 saturated heterocycles. The molecule has 0 aliphatic rings. The predicted octanol–water partition coefficient (Wildman–Crippen LogP) is 4.86. The third kappa shape index (κ3) is 3.10. The second-order valence-electron chi connectivity index (χ2n) is 5.71. The first-order valence-corrected chi connectivity index (χ1v) is 8.77. The number of methoxy groups -OCH3 is 1. The molecule has 4 rings (SSSR count). The number of nitrogens with zero attached hydrogens (tertiary/aromatic N) is 3. The summed E-state index contributed by atoms with van der Waals surface area (Å²) in [6.45, 7) is 2.09. The fourth-order valence-corrected chi connectivity index (χ4v) is 3.52. The number of hydrogen-bond acceptors (Lipinski definition) is 4. The molecule has 0 unspecified atom stereocenters. The van der Waals surface area contributed by atoms with Gasteiger partial charge in [-0.15, -0.1) is 0 Å². The van der Waals surface area contributed by atoms with Crippen LogP contribution in [0.25, 0.3) is 16.9 Å². The van der Waals surface area contributed by atoms with Crippen LogP contribution in [-0.2, 0) is 0 Å². The average Bonchev–Trinajstić information content (AvgIpc) is 3.14. The number of ether oxygens (including phenoxy) is 1. The zero-order valence-corrected chi connectivity index (χ0v) is 14.8. The van der Waals surface area contributed by atoms with Crippen molar-refractivity contribution in [1.82, 2.24) is 14.4 Å². The van der Waals surface area contributed by atoms with E-state index in [2.05, 4.69) is 45.6 Å². The van der Waals surface area contributed by atoms with Gasteiger partial charge in [-0.25, -0.2) is 9.97 Å². The molecule has 4 nitrogen and oxygen atoms in total. The molecule has 0 N–H and O–H groups in total. The fourth-order valence-electron chi connectivity index (χ4n) is 2.65. The van der Waals surface area contributed by atoms with E-state index in [1.807, 2.05) is 42.9 Å². The standard InChI is InChI=1S/C20H17N3OS/c1-14-3-9-17(10-4-14)25-18-13-22-19(20-21-11-12-23(18)20)15-5-7-16(24-2)8-6-15/h3-13H,1-2H3. The van der Waals surface area contributed by atoms with Crippen LogP contribution in [0.15, 0.2) is 77.0 Å². The van der Waals surface area contributed by atoms with Crippen LogP contribution in [0.3, 0.4) is 0 Å². The highest BCUT2D eigenvalue weighted by molar-refractivity contribution is 7.99. The SMILES string of the molecule is COc1ccc(-c2ncc(Sc3ccc(C)cc3)n3ccnc23)cc1. The Labute approximate surface area is 150 Å². The first-order valence-electron chi connectivity index (χ1n) is 7.95. The van der Waals surface area contributed by atoms with Crippen LogP contribution >= 0.6 is 11.8 Å². The first-order chi connectivity index (χ1) is 12.2. The van der Waals surface area contributed by atoms with Crippen molar-refractivity contribution in [3.8, 4) is 17.0 Å². The molecular weight excluding hydrogens is 330 g/mol. The van der Waals surface area contributed by atoms with Gasteiger partial charge in [-0.2, -0.15) is 0 Å². The monoisotopic (exact) mass is 347 g/mol. The molecular formula is C20H17N3OS. The number of aromatic nitrogens is 3. The van der Waals surface area contributed by atoms with Crippen LogP contribution in [-0.4, -0.2) is 21.5 Å². The largest absolute Gasteiger partial charge is 0.497 e. The third-order valence-electron chi connectivity index (χ3n) is 4.00. The van der Waals surface area contributed by atoms with E-state index < -0.39 is 0 Å². The van der Waals surface area contributed by atoms with E-state index in [0.717, 1.165) is 27.7 Å². The topological polar surface area (TPSA) is 39.4 Å². The van der Waals surface area contributed by atoms with Crippen molar-refractivity contribution in [3.05, 3.63) is 72.7 Å². The second-order valence-corrected chi connectivity index (χ2v) is 6.80. The Morgan fingerprint density at radius 1 is 0.960 bits per heavy atom. The predicted molar refractivity (Wildman–Crippen MR) is 100 cm³/mol. The average molecular weight is 347 g/mol. The van der Waals surface area contributed by atoms with Crippen molar-refractivity contribution in [2.75, 3.05) is 7.11 Å². The zero-order chi connectivity index (χ0) is 17.2. The number of rotatable bonds is 4. The van der Waals surface area contributed by atoms with Crippen molar-refractivity contribution in [2.24, 2.45) is 0 Å². The molecule has 124 valence electrons. The van der Waals surface area contributed by atoms with Crippen LogP contribution in [0.1, 0.15) is 5.56 Å². The van der Waals surface area contributed by atoms with Gasteiger partial charge in [0.15, 0.2) is 5.65 Å². The normalized spacial score (nSPS) is 11.0. The molecule has 0 atom stereocenters. The second kappa shape index (κ2) is 6.61. The lowest BCUT2D eigenvalue weighted by atomic mass is 10.1. The van der Waals surface area contributed by atoms with E-state index in [1.54, 1.807) is 18.9 Å². The van der Waals surface area contributed by atoms with Crippen molar-refractivity contribution in [2.45, 2.75) is 16.8 Å². The van der Waals surface area contributed by atoms with E-state index in [-0.39, 0.29) is 0 Å². The van der Waals surface area contributed by atoms with Gasteiger partial charge in [-0.3, -0.25) is 4.40 Å². The van der Waals surface area contributed by atoms with Gasteiger partial charge in [0.25, 0.3) is 0 Å². The highest BCUT2D eigenvalue weighted by atomic mass is 32.2. The molecule has 0 aliphatic carbocycles. The van der Waals surface area contributed by atoms with E-state index in [9.17, 15) is 0 Å². The summed E-state index contributed by atoms with van der Waals surface area (Å²) in [5.41, 5.74) is 3.98. The number of fused-ring (bicyclic) bond motifs is 1. The molecule has 0 fully saturated rings. The maximum atomic E-state index is 5.23. The molecule has 2 aromatic carbocycles. The summed E-state index contributed by atoms with van der Waals surface area (Å²) in [5, 5.41) is 1.04. The van der Waals surface area contributed by atoms with Gasteiger partial charge in [0.2, 0.25) is 0 Å².